The summed E-state index contributed by atoms with van der Waals surface area (Å²) in [5.74, 6) is -0.178. The van der Waals surface area contributed by atoms with Crippen molar-refractivity contribution in [1.82, 2.24) is 10.3 Å². The number of nitrogens with zero attached hydrogens (tertiary/aromatic N) is 1. The number of fused-ring (bicyclic) bond motifs is 1. The van der Waals surface area contributed by atoms with Gasteiger partial charge in [-0.3, -0.25) is 19.4 Å². The highest BCUT2D eigenvalue weighted by molar-refractivity contribution is 6.16. The molecule has 3 N–H and O–H groups in total. The fourth-order valence-corrected chi connectivity index (χ4v) is 4.17. The molecule has 1 aliphatic rings. The first-order chi connectivity index (χ1) is 18.8. The van der Waals surface area contributed by atoms with Gasteiger partial charge in [0, 0.05) is 36.1 Å². The summed E-state index contributed by atoms with van der Waals surface area (Å²) in [5.41, 5.74) is 0.699. The van der Waals surface area contributed by atoms with E-state index in [9.17, 15) is 18.8 Å². The number of carbonyl (C=O) groups excluding carboxylic acids is 3. The van der Waals surface area contributed by atoms with Crippen LogP contribution in [0.3, 0.4) is 0 Å². The van der Waals surface area contributed by atoms with E-state index in [1.807, 2.05) is 0 Å². The normalized spacial score (nSPS) is 13.3. The monoisotopic (exact) mass is 528 g/mol. The van der Waals surface area contributed by atoms with Gasteiger partial charge in [0.05, 0.1) is 18.2 Å². The Balaban J connectivity index is 1.29. The maximum Gasteiger partial charge on any atom is 0.254 e. The van der Waals surface area contributed by atoms with Gasteiger partial charge in [0.15, 0.2) is 0 Å². The van der Waals surface area contributed by atoms with Crippen molar-refractivity contribution in [2.45, 2.75) is 12.8 Å². The van der Waals surface area contributed by atoms with Gasteiger partial charge in [-0.15, -0.1) is 0 Å². The summed E-state index contributed by atoms with van der Waals surface area (Å²) >= 11 is 0. The van der Waals surface area contributed by atoms with Crippen LogP contribution >= 0.6 is 0 Å². The molecule has 3 aromatic carbocycles. The van der Waals surface area contributed by atoms with Gasteiger partial charge >= 0.3 is 0 Å². The molecule has 39 heavy (non-hydrogen) atoms. The number of rotatable bonds is 8. The molecular weight excluding hydrogens is 503 g/mol. The van der Waals surface area contributed by atoms with E-state index in [1.54, 1.807) is 48.7 Å². The smallest absolute Gasteiger partial charge is 0.254 e. The lowest BCUT2D eigenvalue weighted by atomic mass is 10.0. The molecule has 3 amide bonds. The van der Waals surface area contributed by atoms with Crippen LogP contribution in [0.15, 0.2) is 72.9 Å². The third-order valence-electron chi connectivity index (χ3n) is 6.56. The number of ether oxygens (including phenoxy) is 2. The highest BCUT2D eigenvalue weighted by Crippen LogP contribution is 2.47. The van der Waals surface area contributed by atoms with Gasteiger partial charge in [0.1, 0.15) is 28.5 Å². The molecule has 0 atom stereocenters. The topological polar surface area (TPSA) is 119 Å². The van der Waals surface area contributed by atoms with Crippen molar-refractivity contribution in [3.8, 4) is 17.2 Å². The van der Waals surface area contributed by atoms with Gasteiger partial charge < -0.3 is 25.4 Å². The number of pyridine rings is 1. The van der Waals surface area contributed by atoms with Crippen molar-refractivity contribution < 1.29 is 28.2 Å². The zero-order chi connectivity index (χ0) is 27.6. The summed E-state index contributed by atoms with van der Waals surface area (Å²) in [5, 5.41) is 8.70. The molecule has 1 aliphatic carbocycles. The number of benzene rings is 3. The molecule has 0 saturated heterocycles. The maximum absolute atomic E-state index is 13.1. The molecule has 1 saturated carbocycles. The molecule has 0 unspecified atom stereocenters. The third-order valence-corrected chi connectivity index (χ3v) is 6.56. The van der Waals surface area contributed by atoms with Crippen molar-refractivity contribution >= 4 is 40.0 Å². The van der Waals surface area contributed by atoms with Gasteiger partial charge in [-0.1, -0.05) is 0 Å². The van der Waals surface area contributed by atoms with Crippen LogP contribution in [0.4, 0.5) is 15.8 Å². The Kier molecular flexibility index (Phi) is 6.84. The van der Waals surface area contributed by atoms with Crippen LogP contribution in [-0.4, -0.2) is 36.9 Å². The molecule has 0 spiro atoms. The number of carbonyl (C=O) groups is 3. The van der Waals surface area contributed by atoms with Gasteiger partial charge in [-0.05, 0) is 73.5 Å². The average molecular weight is 529 g/mol. The Hall–Kier alpha value is -4.99. The fraction of sp³-hybridized carbons (Fsp3) is 0.172. The van der Waals surface area contributed by atoms with Crippen molar-refractivity contribution in [2.24, 2.45) is 5.41 Å². The molecule has 198 valence electrons. The fourth-order valence-electron chi connectivity index (χ4n) is 4.17. The Morgan fingerprint density at radius 1 is 0.872 bits per heavy atom. The van der Waals surface area contributed by atoms with Crippen LogP contribution in [0, 0.1) is 11.2 Å². The summed E-state index contributed by atoms with van der Waals surface area (Å²) < 4.78 is 24.6. The molecule has 1 fully saturated rings. The number of anilines is 2. The van der Waals surface area contributed by atoms with Crippen molar-refractivity contribution in [1.29, 1.82) is 0 Å². The van der Waals surface area contributed by atoms with E-state index >= 15 is 0 Å². The molecule has 0 radical (unpaired) electrons. The zero-order valence-electron chi connectivity index (χ0n) is 21.2. The molecule has 1 heterocycles. The number of amides is 3. The van der Waals surface area contributed by atoms with Crippen molar-refractivity contribution in [3.63, 3.8) is 0 Å². The minimum atomic E-state index is -1.16. The Labute approximate surface area is 223 Å². The first-order valence-electron chi connectivity index (χ1n) is 12.2. The lowest BCUT2D eigenvalue weighted by Gasteiger charge is -2.16. The van der Waals surface area contributed by atoms with Crippen LogP contribution in [0.25, 0.3) is 10.9 Å². The van der Waals surface area contributed by atoms with Crippen LogP contribution < -0.4 is 25.4 Å². The lowest BCUT2D eigenvalue weighted by molar-refractivity contribution is -0.131. The number of methoxy groups -OCH3 is 1. The second kappa shape index (κ2) is 10.4. The predicted molar refractivity (Wildman–Crippen MR) is 144 cm³/mol. The number of nitrogens with one attached hydrogen (secondary N) is 3. The average Bonchev–Trinajstić information content (AvgIpc) is 3.77. The minimum Gasteiger partial charge on any atom is -0.496 e. The summed E-state index contributed by atoms with van der Waals surface area (Å²) in [6.45, 7) is 0. The number of hydrogen-bond donors (Lipinski definition) is 3. The summed E-state index contributed by atoms with van der Waals surface area (Å²) in [6, 6.07) is 17.1. The molecule has 0 bridgehead atoms. The predicted octanol–water partition coefficient (Wildman–Crippen LogP) is 4.89. The summed E-state index contributed by atoms with van der Waals surface area (Å²) in [7, 11) is 3.02. The summed E-state index contributed by atoms with van der Waals surface area (Å²) in [6.07, 6.45) is 2.44. The Morgan fingerprint density at radius 3 is 2.05 bits per heavy atom. The van der Waals surface area contributed by atoms with E-state index < -0.39 is 23.0 Å². The van der Waals surface area contributed by atoms with Crippen LogP contribution in [0.1, 0.15) is 23.2 Å². The largest absolute Gasteiger partial charge is 0.496 e. The van der Waals surface area contributed by atoms with E-state index in [0.29, 0.717) is 57.9 Å². The minimum absolute atomic E-state index is 0.302. The molecule has 9 nitrogen and oxygen atoms in total. The van der Waals surface area contributed by atoms with Gasteiger partial charge in [-0.2, -0.15) is 0 Å². The molecule has 5 rings (SSSR count). The lowest BCUT2D eigenvalue weighted by Crippen LogP contribution is -2.35. The molecule has 10 heteroatoms. The van der Waals surface area contributed by atoms with E-state index in [0.717, 1.165) is 0 Å². The number of aromatic nitrogens is 1. The highest BCUT2D eigenvalue weighted by Gasteiger charge is 2.56. The van der Waals surface area contributed by atoms with Gasteiger partial charge in [0.25, 0.3) is 5.91 Å². The van der Waals surface area contributed by atoms with E-state index in [4.69, 9.17) is 9.47 Å². The Morgan fingerprint density at radius 2 is 1.49 bits per heavy atom. The second-order valence-electron chi connectivity index (χ2n) is 9.08. The molecular formula is C29H25FN4O5. The maximum atomic E-state index is 13.1. The molecule has 1 aromatic heterocycles. The van der Waals surface area contributed by atoms with Crippen molar-refractivity contribution in [2.75, 3.05) is 24.8 Å². The quantitative estimate of drug-likeness (QED) is 0.280. The van der Waals surface area contributed by atoms with E-state index in [2.05, 4.69) is 20.9 Å². The second-order valence-corrected chi connectivity index (χ2v) is 9.08. The van der Waals surface area contributed by atoms with Gasteiger partial charge in [-0.25, -0.2) is 4.39 Å². The SMILES string of the molecule is CNC(=O)c1cc2c(Oc3ccc(NC(=O)C4(C(=O)Nc5ccc(F)cc5)CC4)cc3)ccnc2cc1OC. The van der Waals surface area contributed by atoms with Crippen LogP contribution in [-0.2, 0) is 9.59 Å². The number of hydrogen-bond acceptors (Lipinski definition) is 6. The van der Waals surface area contributed by atoms with E-state index in [1.165, 1.54) is 38.4 Å². The zero-order valence-corrected chi connectivity index (χ0v) is 21.2. The standard InChI is InChI=1S/C29H25FN4O5/c1-31-26(35)22-15-21-23(16-25(22)38-2)32-14-11-24(21)39-20-9-7-19(8-10-20)34-28(37)29(12-13-29)27(36)33-18-5-3-17(30)4-6-18/h3-11,14-16H,12-13H2,1-2H3,(H,31,35)(H,33,36)(H,34,37). The van der Waals surface area contributed by atoms with Crippen LogP contribution in [0.2, 0.25) is 0 Å². The first kappa shape index (κ1) is 25.7. The van der Waals surface area contributed by atoms with Crippen molar-refractivity contribution in [3.05, 3.63) is 84.3 Å². The highest BCUT2D eigenvalue weighted by atomic mass is 19.1. The number of halogens is 1. The first-order valence-corrected chi connectivity index (χ1v) is 12.2. The summed E-state index contributed by atoms with van der Waals surface area (Å²) in [4.78, 5) is 42.4. The van der Waals surface area contributed by atoms with Crippen LogP contribution in [0.5, 0.6) is 17.2 Å². The molecule has 0 aliphatic heterocycles. The third kappa shape index (κ3) is 5.22. The molecule has 4 aromatic rings. The van der Waals surface area contributed by atoms with E-state index in [-0.39, 0.29) is 5.91 Å². The Bertz CT molecular complexity index is 1570. The van der Waals surface area contributed by atoms with Gasteiger partial charge in [0.2, 0.25) is 11.8 Å².